The Kier molecular flexibility index (Phi) is 2.91. The van der Waals surface area contributed by atoms with Crippen molar-refractivity contribution < 1.29 is 14.7 Å². The molecule has 0 spiro atoms. The molecule has 0 aromatic carbocycles. The third-order valence-electron chi connectivity index (χ3n) is 2.13. The number of carbonyl (C=O) groups is 2. The van der Waals surface area contributed by atoms with E-state index in [-0.39, 0.29) is 19.0 Å². The number of likely N-dealkylation sites (tertiary alicyclic amines) is 1. The number of aliphatic carboxylic acids is 1. The lowest BCUT2D eigenvalue weighted by Gasteiger charge is -2.28. The summed E-state index contributed by atoms with van der Waals surface area (Å²) in [6, 6.07) is 0. The molecule has 1 saturated heterocycles. The van der Waals surface area contributed by atoms with Gasteiger partial charge in [0.1, 0.15) is 0 Å². The van der Waals surface area contributed by atoms with E-state index in [1.807, 2.05) is 0 Å². The lowest BCUT2D eigenvalue weighted by atomic mass is 9.98. The van der Waals surface area contributed by atoms with Crippen molar-refractivity contribution in [2.75, 3.05) is 13.1 Å². The van der Waals surface area contributed by atoms with E-state index in [0.717, 1.165) is 0 Å². The molecule has 0 aliphatic carbocycles. The zero-order chi connectivity index (χ0) is 9.84. The molecule has 1 fully saturated rings. The van der Waals surface area contributed by atoms with Gasteiger partial charge in [0.2, 0.25) is 5.91 Å². The van der Waals surface area contributed by atoms with Crippen LogP contribution in [0.25, 0.3) is 0 Å². The van der Waals surface area contributed by atoms with Gasteiger partial charge in [-0.3, -0.25) is 9.59 Å². The highest BCUT2D eigenvalue weighted by molar-refractivity contribution is 5.80. The summed E-state index contributed by atoms with van der Waals surface area (Å²) in [5, 5.41) is 8.72. The van der Waals surface area contributed by atoms with Gasteiger partial charge in [0.05, 0.1) is 12.5 Å². The van der Waals surface area contributed by atoms with Crippen molar-refractivity contribution in [1.29, 1.82) is 0 Å². The molecule has 1 aliphatic rings. The number of hydrogen-bond acceptors (Lipinski definition) is 2. The van der Waals surface area contributed by atoms with Crippen LogP contribution in [0.2, 0.25) is 0 Å². The van der Waals surface area contributed by atoms with Crippen molar-refractivity contribution in [3.8, 4) is 12.3 Å². The molecular formula is C9H11NO3. The van der Waals surface area contributed by atoms with E-state index in [1.54, 1.807) is 0 Å². The van der Waals surface area contributed by atoms with E-state index in [1.165, 1.54) is 4.90 Å². The lowest BCUT2D eigenvalue weighted by molar-refractivity contribution is -0.147. The average Bonchev–Trinajstić information content (AvgIpc) is 2.08. The third-order valence-corrected chi connectivity index (χ3v) is 2.13. The Labute approximate surface area is 76.5 Å². The van der Waals surface area contributed by atoms with Gasteiger partial charge in [-0.1, -0.05) is 5.92 Å². The maximum absolute atomic E-state index is 11.2. The fraction of sp³-hybridized carbons (Fsp3) is 0.556. The largest absolute Gasteiger partial charge is 0.481 e. The molecule has 0 saturated carbocycles. The number of carboxylic acids is 1. The van der Waals surface area contributed by atoms with Crippen LogP contribution in [0.4, 0.5) is 0 Å². The smallest absolute Gasteiger partial charge is 0.308 e. The van der Waals surface area contributed by atoms with E-state index >= 15 is 0 Å². The highest BCUT2D eigenvalue weighted by atomic mass is 16.4. The predicted octanol–water partition coefficient (Wildman–Crippen LogP) is -0.0572. The molecule has 0 radical (unpaired) electrons. The van der Waals surface area contributed by atoms with Gasteiger partial charge in [0, 0.05) is 13.0 Å². The zero-order valence-electron chi connectivity index (χ0n) is 7.19. The first-order chi connectivity index (χ1) is 6.15. The van der Waals surface area contributed by atoms with Gasteiger partial charge < -0.3 is 10.0 Å². The third kappa shape index (κ3) is 2.22. The van der Waals surface area contributed by atoms with Crippen molar-refractivity contribution in [2.45, 2.75) is 12.8 Å². The molecule has 0 aromatic heterocycles. The fourth-order valence-electron chi connectivity index (χ4n) is 1.38. The van der Waals surface area contributed by atoms with Crippen LogP contribution in [-0.2, 0) is 9.59 Å². The number of piperidine rings is 1. The Morgan fingerprint density at radius 1 is 1.77 bits per heavy atom. The first kappa shape index (κ1) is 9.59. The molecule has 70 valence electrons. The van der Waals surface area contributed by atoms with E-state index in [0.29, 0.717) is 12.8 Å². The van der Waals surface area contributed by atoms with Gasteiger partial charge >= 0.3 is 5.97 Å². The highest BCUT2D eigenvalue weighted by Gasteiger charge is 2.29. The number of hydrogen-bond donors (Lipinski definition) is 1. The predicted molar refractivity (Wildman–Crippen MR) is 45.8 cm³/mol. The van der Waals surface area contributed by atoms with E-state index in [4.69, 9.17) is 11.5 Å². The molecule has 1 heterocycles. The summed E-state index contributed by atoms with van der Waals surface area (Å²) in [6.45, 7) is 0.459. The minimum absolute atomic E-state index is 0.0459. The molecule has 4 nitrogen and oxygen atoms in total. The molecule has 0 bridgehead atoms. The number of rotatable bonds is 2. The summed E-state index contributed by atoms with van der Waals surface area (Å²) >= 11 is 0. The van der Waals surface area contributed by atoms with Crippen molar-refractivity contribution in [1.82, 2.24) is 4.90 Å². The number of nitrogens with zero attached hydrogens (tertiary/aromatic N) is 1. The lowest BCUT2D eigenvalue weighted by Crippen LogP contribution is -2.42. The van der Waals surface area contributed by atoms with Crippen molar-refractivity contribution in [2.24, 2.45) is 5.92 Å². The van der Waals surface area contributed by atoms with Crippen LogP contribution in [0.1, 0.15) is 12.8 Å². The Hall–Kier alpha value is -1.50. The van der Waals surface area contributed by atoms with Gasteiger partial charge in [-0.25, -0.2) is 0 Å². The Morgan fingerprint density at radius 3 is 3.00 bits per heavy atom. The summed E-state index contributed by atoms with van der Waals surface area (Å²) < 4.78 is 0. The van der Waals surface area contributed by atoms with Crippen LogP contribution in [0.3, 0.4) is 0 Å². The topological polar surface area (TPSA) is 57.6 Å². The SMILES string of the molecule is C#CCN1CC(C(=O)O)CCC1=O. The monoisotopic (exact) mass is 181 g/mol. The standard InChI is InChI=1S/C9H11NO3/c1-2-5-10-6-7(9(12)13)3-4-8(10)11/h1,7H,3-6H2,(H,12,13). The average molecular weight is 181 g/mol. The molecule has 1 aliphatic heterocycles. The minimum atomic E-state index is -0.852. The molecular weight excluding hydrogens is 170 g/mol. The van der Waals surface area contributed by atoms with Crippen molar-refractivity contribution in [3.63, 3.8) is 0 Å². The molecule has 1 atom stereocenters. The fourth-order valence-corrected chi connectivity index (χ4v) is 1.38. The Morgan fingerprint density at radius 2 is 2.46 bits per heavy atom. The molecule has 1 rings (SSSR count). The van der Waals surface area contributed by atoms with Crippen LogP contribution in [0.5, 0.6) is 0 Å². The van der Waals surface area contributed by atoms with Crippen LogP contribution in [-0.4, -0.2) is 35.0 Å². The van der Waals surface area contributed by atoms with Gasteiger partial charge in [0.15, 0.2) is 0 Å². The maximum atomic E-state index is 11.2. The highest BCUT2D eigenvalue weighted by Crippen LogP contribution is 2.17. The minimum Gasteiger partial charge on any atom is -0.481 e. The van der Waals surface area contributed by atoms with Crippen LogP contribution in [0, 0.1) is 18.3 Å². The first-order valence-corrected chi connectivity index (χ1v) is 4.09. The quantitative estimate of drug-likeness (QED) is 0.607. The molecule has 13 heavy (non-hydrogen) atoms. The second-order valence-corrected chi connectivity index (χ2v) is 3.05. The second kappa shape index (κ2) is 3.94. The summed E-state index contributed by atoms with van der Waals surface area (Å²) in [4.78, 5) is 23.2. The summed E-state index contributed by atoms with van der Waals surface area (Å²) in [7, 11) is 0. The van der Waals surface area contributed by atoms with Crippen LogP contribution in [0.15, 0.2) is 0 Å². The van der Waals surface area contributed by atoms with Crippen molar-refractivity contribution in [3.05, 3.63) is 0 Å². The summed E-state index contributed by atoms with van der Waals surface area (Å²) in [6.07, 6.45) is 5.77. The van der Waals surface area contributed by atoms with Gasteiger partial charge in [-0.15, -0.1) is 6.42 Å². The Bertz CT molecular complexity index is 267. The molecule has 1 unspecified atom stereocenters. The van der Waals surface area contributed by atoms with Crippen molar-refractivity contribution >= 4 is 11.9 Å². The summed E-state index contributed by atoms with van der Waals surface area (Å²) in [5.74, 6) is 0.989. The molecule has 4 heteroatoms. The maximum Gasteiger partial charge on any atom is 0.308 e. The van der Waals surface area contributed by atoms with Crippen LogP contribution < -0.4 is 0 Å². The van der Waals surface area contributed by atoms with Gasteiger partial charge in [-0.05, 0) is 6.42 Å². The van der Waals surface area contributed by atoms with Crippen LogP contribution >= 0.6 is 0 Å². The number of terminal acetylenes is 1. The van der Waals surface area contributed by atoms with E-state index in [2.05, 4.69) is 5.92 Å². The normalized spacial score (nSPS) is 22.5. The first-order valence-electron chi connectivity index (χ1n) is 4.09. The summed E-state index contributed by atoms with van der Waals surface area (Å²) in [5.41, 5.74) is 0. The van der Waals surface area contributed by atoms with Gasteiger partial charge in [0.25, 0.3) is 0 Å². The second-order valence-electron chi connectivity index (χ2n) is 3.05. The van der Waals surface area contributed by atoms with E-state index in [9.17, 15) is 9.59 Å². The molecule has 1 N–H and O–H groups in total. The zero-order valence-corrected chi connectivity index (χ0v) is 7.19. The Balaban J connectivity index is 2.58. The van der Waals surface area contributed by atoms with Gasteiger partial charge in [-0.2, -0.15) is 0 Å². The number of carboxylic acid groups (broad SMARTS) is 1. The molecule has 1 amide bonds. The number of carbonyl (C=O) groups excluding carboxylic acids is 1. The van der Waals surface area contributed by atoms with E-state index < -0.39 is 11.9 Å². The number of amides is 1. The molecule has 0 aromatic rings.